The molecule has 0 saturated carbocycles. The molecule has 0 unspecified atom stereocenters. The molecule has 2 heterocycles. The average Bonchev–Trinajstić information content (AvgIpc) is 3.02. The summed E-state index contributed by atoms with van der Waals surface area (Å²) >= 11 is 0. The fourth-order valence-corrected chi connectivity index (χ4v) is 4.89. The maximum absolute atomic E-state index is 12.5. The first-order chi connectivity index (χ1) is 11.5. The predicted octanol–water partition coefficient (Wildman–Crippen LogP) is 2.01. The summed E-state index contributed by atoms with van der Waals surface area (Å²) in [6.45, 7) is 3.33. The van der Waals surface area contributed by atoms with Crippen LogP contribution in [-0.4, -0.2) is 44.1 Å². The maximum Gasteiger partial charge on any atom is 0.228 e. The molecule has 3 rings (SSSR count). The summed E-state index contributed by atoms with van der Waals surface area (Å²) in [5, 5.41) is 2.93. The van der Waals surface area contributed by atoms with Gasteiger partial charge in [0.1, 0.15) is 5.75 Å². The molecule has 1 atom stereocenters. The Morgan fingerprint density at radius 3 is 3.04 bits per heavy atom. The summed E-state index contributed by atoms with van der Waals surface area (Å²) in [5.74, 6) is 0.620. The van der Waals surface area contributed by atoms with Crippen molar-refractivity contribution in [2.24, 2.45) is 5.92 Å². The minimum atomic E-state index is -3.24. The van der Waals surface area contributed by atoms with Gasteiger partial charge in [-0.3, -0.25) is 4.79 Å². The molecule has 0 spiro atoms. The van der Waals surface area contributed by atoms with Crippen LogP contribution >= 0.6 is 0 Å². The van der Waals surface area contributed by atoms with Crippen LogP contribution in [0, 0.1) is 5.92 Å². The molecule has 1 saturated heterocycles. The largest absolute Gasteiger partial charge is 0.493 e. The van der Waals surface area contributed by atoms with E-state index in [1.165, 1.54) is 4.31 Å². The van der Waals surface area contributed by atoms with Crippen molar-refractivity contribution in [3.63, 3.8) is 0 Å². The van der Waals surface area contributed by atoms with Crippen LogP contribution in [0.5, 0.6) is 5.75 Å². The fraction of sp³-hybridized carbons (Fsp3) is 0.588. The lowest BCUT2D eigenvalue weighted by Gasteiger charge is -2.31. The second-order valence-electron chi connectivity index (χ2n) is 6.42. The number of amides is 1. The first kappa shape index (κ1) is 17.2. The van der Waals surface area contributed by atoms with Crippen LogP contribution in [0.3, 0.4) is 0 Å². The van der Waals surface area contributed by atoms with E-state index < -0.39 is 10.0 Å². The molecule has 1 fully saturated rings. The van der Waals surface area contributed by atoms with Crippen molar-refractivity contribution in [3.05, 3.63) is 23.8 Å². The van der Waals surface area contributed by atoms with Crippen molar-refractivity contribution in [2.45, 2.75) is 32.6 Å². The number of rotatable bonds is 5. The normalized spacial score (nSPS) is 21.1. The monoisotopic (exact) mass is 352 g/mol. The van der Waals surface area contributed by atoms with Crippen LogP contribution in [0.2, 0.25) is 0 Å². The third kappa shape index (κ3) is 3.72. The van der Waals surface area contributed by atoms with Gasteiger partial charge in [-0.1, -0.05) is 6.92 Å². The lowest BCUT2D eigenvalue weighted by Crippen LogP contribution is -2.44. The molecule has 132 valence electrons. The zero-order valence-corrected chi connectivity index (χ0v) is 14.8. The van der Waals surface area contributed by atoms with Crippen molar-refractivity contribution < 1.29 is 17.9 Å². The molecule has 0 radical (unpaired) electrons. The zero-order chi connectivity index (χ0) is 17.2. The number of anilines is 1. The first-order valence-corrected chi connectivity index (χ1v) is 10.1. The second kappa shape index (κ2) is 7.11. The quantitative estimate of drug-likeness (QED) is 0.879. The third-order valence-electron chi connectivity index (χ3n) is 4.57. The first-order valence-electron chi connectivity index (χ1n) is 8.54. The van der Waals surface area contributed by atoms with Crippen LogP contribution in [0.1, 0.15) is 31.7 Å². The molecule has 24 heavy (non-hydrogen) atoms. The Morgan fingerprint density at radius 2 is 2.25 bits per heavy atom. The van der Waals surface area contributed by atoms with E-state index in [1.807, 2.05) is 25.1 Å². The number of fused-ring (bicyclic) bond motifs is 1. The lowest BCUT2D eigenvalue weighted by molar-refractivity contribution is -0.120. The van der Waals surface area contributed by atoms with E-state index in [4.69, 9.17) is 4.74 Å². The average molecular weight is 352 g/mol. The number of sulfonamides is 1. The number of benzene rings is 1. The maximum atomic E-state index is 12.5. The van der Waals surface area contributed by atoms with Gasteiger partial charge in [-0.15, -0.1) is 0 Å². The number of ether oxygens (including phenoxy) is 1. The van der Waals surface area contributed by atoms with Gasteiger partial charge < -0.3 is 10.1 Å². The molecule has 1 aromatic carbocycles. The van der Waals surface area contributed by atoms with Crippen molar-refractivity contribution in [1.29, 1.82) is 0 Å². The van der Waals surface area contributed by atoms with Gasteiger partial charge in [-0.25, -0.2) is 12.7 Å². The Kier molecular flexibility index (Phi) is 5.10. The fourth-order valence-electron chi connectivity index (χ4n) is 3.30. The van der Waals surface area contributed by atoms with E-state index in [-0.39, 0.29) is 24.1 Å². The van der Waals surface area contributed by atoms with Gasteiger partial charge in [-0.2, -0.15) is 0 Å². The van der Waals surface area contributed by atoms with Crippen molar-refractivity contribution >= 4 is 21.6 Å². The zero-order valence-electron chi connectivity index (χ0n) is 14.0. The van der Waals surface area contributed by atoms with Gasteiger partial charge in [0, 0.05) is 25.2 Å². The minimum Gasteiger partial charge on any atom is -0.493 e. The van der Waals surface area contributed by atoms with Gasteiger partial charge in [0.15, 0.2) is 0 Å². The van der Waals surface area contributed by atoms with Crippen molar-refractivity contribution in [3.8, 4) is 5.75 Å². The predicted molar refractivity (Wildman–Crippen MR) is 92.6 cm³/mol. The summed E-state index contributed by atoms with van der Waals surface area (Å²) in [4.78, 5) is 12.5. The van der Waals surface area contributed by atoms with Gasteiger partial charge >= 0.3 is 0 Å². The minimum absolute atomic E-state index is 0.106. The summed E-state index contributed by atoms with van der Waals surface area (Å²) in [5.41, 5.74) is 1.85. The Bertz CT molecular complexity index is 717. The Hall–Kier alpha value is -1.60. The number of hydrogen-bond donors (Lipinski definition) is 1. The molecule has 7 heteroatoms. The van der Waals surface area contributed by atoms with Crippen molar-refractivity contribution in [2.75, 3.05) is 30.8 Å². The van der Waals surface area contributed by atoms with E-state index in [1.54, 1.807) is 0 Å². The molecule has 1 N–H and O–H groups in total. The van der Waals surface area contributed by atoms with Crippen LogP contribution < -0.4 is 10.1 Å². The van der Waals surface area contributed by atoms with Crippen LogP contribution in [0.4, 0.5) is 5.69 Å². The molecule has 1 amide bonds. The number of carbonyl (C=O) groups excluding carboxylic acids is 1. The SMILES string of the molecule is CCCS(=O)(=O)N1CCC[C@@H](C(=O)Nc2ccc3c(c2)CCO3)C1. The van der Waals surface area contributed by atoms with Crippen LogP contribution in [0.25, 0.3) is 0 Å². The Morgan fingerprint density at radius 1 is 1.42 bits per heavy atom. The highest BCUT2D eigenvalue weighted by molar-refractivity contribution is 7.89. The molecule has 2 aliphatic heterocycles. The molecular formula is C17H24N2O4S. The topological polar surface area (TPSA) is 75.7 Å². The molecule has 2 aliphatic rings. The van der Waals surface area contributed by atoms with E-state index in [0.29, 0.717) is 19.6 Å². The van der Waals surface area contributed by atoms with Gasteiger partial charge in [0.05, 0.1) is 18.3 Å². The number of piperidine rings is 1. The van der Waals surface area contributed by atoms with E-state index in [2.05, 4.69) is 5.32 Å². The summed E-state index contributed by atoms with van der Waals surface area (Å²) in [6.07, 6.45) is 2.88. The number of hydrogen-bond acceptors (Lipinski definition) is 4. The number of nitrogens with zero attached hydrogens (tertiary/aromatic N) is 1. The summed E-state index contributed by atoms with van der Waals surface area (Å²) in [7, 11) is -3.24. The van der Waals surface area contributed by atoms with Crippen molar-refractivity contribution in [1.82, 2.24) is 4.31 Å². The van der Waals surface area contributed by atoms with E-state index >= 15 is 0 Å². The smallest absolute Gasteiger partial charge is 0.228 e. The molecule has 0 aliphatic carbocycles. The molecule has 0 aromatic heterocycles. The second-order valence-corrected chi connectivity index (χ2v) is 8.51. The molecular weight excluding hydrogens is 328 g/mol. The highest BCUT2D eigenvalue weighted by atomic mass is 32.2. The molecule has 1 aromatic rings. The highest BCUT2D eigenvalue weighted by Crippen LogP contribution is 2.28. The highest BCUT2D eigenvalue weighted by Gasteiger charge is 2.31. The van der Waals surface area contributed by atoms with Gasteiger partial charge in [0.2, 0.25) is 15.9 Å². The summed E-state index contributed by atoms with van der Waals surface area (Å²) < 4.78 is 31.4. The lowest BCUT2D eigenvalue weighted by atomic mass is 9.98. The number of nitrogens with one attached hydrogen (secondary N) is 1. The van der Waals surface area contributed by atoms with Crippen LogP contribution in [0.15, 0.2) is 18.2 Å². The third-order valence-corrected chi connectivity index (χ3v) is 6.61. The van der Waals surface area contributed by atoms with E-state index in [0.717, 1.165) is 36.3 Å². The Labute approximate surface area is 143 Å². The van der Waals surface area contributed by atoms with Gasteiger partial charge in [0.25, 0.3) is 0 Å². The summed E-state index contributed by atoms with van der Waals surface area (Å²) in [6, 6.07) is 5.64. The molecule has 0 bridgehead atoms. The van der Waals surface area contributed by atoms with E-state index in [9.17, 15) is 13.2 Å². The molecule has 6 nitrogen and oxygen atoms in total. The van der Waals surface area contributed by atoms with Gasteiger partial charge in [-0.05, 0) is 43.0 Å². The standard InChI is InChI=1S/C17H24N2O4S/c1-2-10-24(21,22)19-8-3-4-14(12-19)17(20)18-15-5-6-16-13(11-15)7-9-23-16/h5-6,11,14H,2-4,7-10,12H2,1H3,(H,18,20)/t14-/m1/s1. The van der Waals surface area contributed by atoms with Crippen LogP contribution in [-0.2, 0) is 21.2 Å². The number of carbonyl (C=O) groups is 1. The Balaban J connectivity index is 1.64.